The lowest BCUT2D eigenvalue weighted by Gasteiger charge is -2.18. The van der Waals surface area contributed by atoms with Crippen molar-refractivity contribution in [3.8, 4) is 0 Å². The molecule has 0 saturated heterocycles. The topological polar surface area (TPSA) is 67.2 Å². The Balaban J connectivity index is 1.43. The van der Waals surface area contributed by atoms with E-state index in [2.05, 4.69) is 34.6 Å². The molecule has 5 nitrogen and oxygen atoms in total. The third kappa shape index (κ3) is 4.42. The van der Waals surface area contributed by atoms with Crippen LogP contribution in [0.2, 0.25) is 0 Å². The summed E-state index contributed by atoms with van der Waals surface area (Å²) < 4.78 is 1.77. The van der Waals surface area contributed by atoms with Gasteiger partial charge in [0.2, 0.25) is 5.91 Å². The number of para-hydroxylation sites is 2. The summed E-state index contributed by atoms with van der Waals surface area (Å²) in [6, 6.07) is 28.3. The van der Waals surface area contributed by atoms with Crippen LogP contribution in [0.3, 0.4) is 0 Å². The van der Waals surface area contributed by atoms with Gasteiger partial charge < -0.3 is 15.0 Å². The Morgan fingerprint density at radius 2 is 1.50 bits per heavy atom. The molecule has 4 aromatic rings. The van der Waals surface area contributed by atoms with Crippen molar-refractivity contribution in [2.45, 2.75) is 25.5 Å². The first-order valence-corrected chi connectivity index (χ1v) is 10.2. The maximum atomic E-state index is 12.6. The summed E-state index contributed by atoms with van der Waals surface area (Å²) in [5, 5.41) is 12.7. The minimum absolute atomic E-state index is 0.0901. The molecule has 0 unspecified atom stereocenters. The van der Waals surface area contributed by atoms with Crippen LogP contribution in [0.15, 0.2) is 84.9 Å². The van der Waals surface area contributed by atoms with Crippen LogP contribution in [0, 0.1) is 0 Å². The molecule has 0 fully saturated rings. The number of carbonyl (C=O) groups excluding carboxylic acids is 1. The Labute approximate surface area is 176 Å². The second-order valence-corrected chi connectivity index (χ2v) is 7.27. The number of aliphatic hydroxyl groups is 1. The molecular formula is C25H25N3O2. The van der Waals surface area contributed by atoms with Crippen molar-refractivity contribution in [1.29, 1.82) is 0 Å². The van der Waals surface area contributed by atoms with Gasteiger partial charge in [-0.15, -0.1) is 0 Å². The molecule has 5 heteroatoms. The van der Waals surface area contributed by atoms with Crippen LogP contribution < -0.4 is 5.32 Å². The van der Waals surface area contributed by atoms with Gasteiger partial charge in [-0.1, -0.05) is 72.8 Å². The van der Waals surface area contributed by atoms with E-state index in [1.165, 1.54) is 11.1 Å². The summed E-state index contributed by atoms with van der Waals surface area (Å²) in [5.41, 5.74) is 4.10. The van der Waals surface area contributed by atoms with E-state index < -0.39 is 0 Å². The first-order valence-electron chi connectivity index (χ1n) is 10.2. The SMILES string of the molecule is O=C(Cn1c(CO)nc2ccccc21)NCCC(c1ccccc1)c1ccccc1. The van der Waals surface area contributed by atoms with Crippen LogP contribution in [0.1, 0.15) is 29.3 Å². The fourth-order valence-corrected chi connectivity index (χ4v) is 3.87. The van der Waals surface area contributed by atoms with E-state index in [1.807, 2.05) is 60.7 Å². The summed E-state index contributed by atoms with van der Waals surface area (Å²) in [5.74, 6) is 0.625. The fourth-order valence-electron chi connectivity index (χ4n) is 3.87. The zero-order valence-electron chi connectivity index (χ0n) is 16.7. The highest BCUT2D eigenvalue weighted by Crippen LogP contribution is 2.27. The number of fused-ring (bicyclic) bond motifs is 1. The van der Waals surface area contributed by atoms with Gasteiger partial charge in [0.25, 0.3) is 0 Å². The van der Waals surface area contributed by atoms with Crippen LogP contribution >= 0.6 is 0 Å². The van der Waals surface area contributed by atoms with E-state index in [0.717, 1.165) is 17.5 Å². The summed E-state index contributed by atoms with van der Waals surface area (Å²) in [6.45, 7) is 0.498. The number of hydrogen-bond donors (Lipinski definition) is 2. The predicted octanol–water partition coefficient (Wildman–Crippen LogP) is 3.87. The summed E-state index contributed by atoms with van der Waals surface area (Å²) in [6.07, 6.45) is 0.803. The molecular weight excluding hydrogens is 374 g/mol. The molecule has 3 aromatic carbocycles. The van der Waals surface area contributed by atoms with E-state index in [-0.39, 0.29) is 25.0 Å². The van der Waals surface area contributed by atoms with Crippen molar-refractivity contribution in [2.75, 3.05) is 6.54 Å². The maximum Gasteiger partial charge on any atom is 0.240 e. The summed E-state index contributed by atoms with van der Waals surface area (Å²) in [7, 11) is 0. The third-order valence-electron chi connectivity index (χ3n) is 5.34. The summed E-state index contributed by atoms with van der Waals surface area (Å²) >= 11 is 0. The molecule has 152 valence electrons. The molecule has 0 saturated carbocycles. The maximum absolute atomic E-state index is 12.6. The van der Waals surface area contributed by atoms with Crippen molar-refractivity contribution in [2.24, 2.45) is 0 Å². The van der Waals surface area contributed by atoms with E-state index in [1.54, 1.807) is 4.57 Å². The number of hydrogen-bond acceptors (Lipinski definition) is 3. The average Bonchev–Trinajstić information content (AvgIpc) is 3.15. The van der Waals surface area contributed by atoms with E-state index in [0.29, 0.717) is 12.4 Å². The minimum Gasteiger partial charge on any atom is -0.388 e. The minimum atomic E-state index is -0.202. The van der Waals surface area contributed by atoms with E-state index >= 15 is 0 Å². The molecule has 0 radical (unpaired) electrons. The molecule has 1 aromatic heterocycles. The first kappa shape index (κ1) is 19.9. The van der Waals surface area contributed by atoms with Crippen LogP contribution in [0.25, 0.3) is 11.0 Å². The van der Waals surface area contributed by atoms with Gasteiger partial charge in [0, 0.05) is 12.5 Å². The van der Waals surface area contributed by atoms with Crippen LogP contribution in [0.5, 0.6) is 0 Å². The number of amides is 1. The lowest BCUT2D eigenvalue weighted by atomic mass is 9.88. The number of carbonyl (C=O) groups is 1. The molecule has 0 aliphatic heterocycles. The average molecular weight is 399 g/mol. The predicted molar refractivity (Wildman–Crippen MR) is 118 cm³/mol. The highest BCUT2D eigenvalue weighted by atomic mass is 16.3. The molecule has 0 bridgehead atoms. The Morgan fingerprint density at radius 3 is 2.13 bits per heavy atom. The lowest BCUT2D eigenvalue weighted by Crippen LogP contribution is -2.30. The zero-order valence-corrected chi connectivity index (χ0v) is 16.7. The van der Waals surface area contributed by atoms with Gasteiger partial charge >= 0.3 is 0 Å². The van der Waals surface area contributed by atoms with Crippen LogP contribution in [0.4, 0.5) is 0 Å². The Hall–Kier alpha value is -3.44. The van der Waals surface area contributed by atoms with E-state index in [9.17, 15) is 9.90 Å². The molecule has 2 N–H and O–H groups in total. The zero-order chi connectivity index (χ0) is 20.8. The van der Waals surface area contributed by atoms with Gasteiger partial charge in [-0.25, -0.2) is 4.98 Å². The Morgan fingerprint density at radius 1 is 0.900 bits per heavy atom. The third-order valence-corrected chi connectivity index (χ3v) is 5.34. The highest BCUT2D eigenvalue weighted by Gasteiger charge is 2.16. The number of nitrogens with one attached hydrogen (secondary N) is 1. The first-order chi connectivity index (χ1) is 14.8. The lowest BCUT2D eigenvalue weighted by molar-refractivity contribution is -0.121. The van der Waals surface area contributed by atoms with Gasteiger partial charge in [-0.3, -0.25) is 4.79 Å². The van der Waals surface area contributed by atoms with Crippen LogP contribution in [-0.2, 0) is 17.9 Å². The van der Waals surface area contributed by atoms with E-state index in [4.69, 9.17) is 0 Å². The highest BCUT2D eigenvalue weighted by molar-refractivity contribution is 5.81. The molecule has 1 amide bonds. The normalized spacial score (nSPS) is 11.1. The Bertz CT molecular complexity index is 1070. The number of aliphatic hydroxyl groups excluding tert-OH is 1. The molecule has 4 rings (SSSR count). The molecule has 0 aliphatic rings. The molecule has 0 aliphatic carbocycles. The molecule has 30 heavy (non-hydrogen) atoms. The number of nitrogens with zero attached hydrogens (tertiary/aromatic N) is 2. The number of rotatable bonds is 8. The van der Waals surface area contributed by atoms with Gasteiger partial charge in [0.05, 0.1) is 11.0 Å². The second kappa shape index (κ2) is 9.37. The largest absolute Gasteiger partial charge is 0.388 e. The van der Waals surface area contributed by atoms with Crippen molar-refractivity contribution >= 4 is 16.9 Å². The number of aromatic nitrogens is 2. The standard InChI is InChI=1S/C25H25N3O2/c29-18-24-27-22-13-7-8-14-23(22)28(24)17-25(30)26-16-15-21(19-9-3-1-4-10-19)20-11-5-2-6-12-20/h1-14,21,29H,15-18H2,(H,26,30). The summed E-state index contributed by atoms with van der Waals surface area (Å²) in [4.78, 5) is 17.0. The van der Waals surface area contributed by atoms with Crippen molar-refractivity contribution in [3.05, 3.63) is 102 Å². The van der Waals surface area contributed by atoms with Gasteiger partial charge in [-0.2, -0.15) is 0 Å². The second-order valence-electron chi connectivity index (χ2n) is 7.27. The monoisotopic (exact) mass is 399 g/mol. The van der Waals surface area contributed by atoms with Gasteiger partial charge in [0.1, 0.15) is 19.0 Å². The van der Waals surface area contributed by atoms with Crippen LogP contribution in [-0.4, -0.2) is 27.1 Å². The quantitative estimate of drug-likeness (QED) is 0.473. The fraction of sp³-hybridized carbons (Fsp3) is 0.200. The van der Waals surface area contributed by atoms with Gasteiger partial charge in [-0.05, 0) is 29.7 Å². The smallest absolute Gasteiger partial charge is 0.240 e. The number of imidazole rings is 1. The van der Waals surface area contributed by atoms with Crippen molar-refractivity contribution < 1.29 is 9.90 Å². The molecule has 0 spiro atoms. The van der Waals surface area contributed by atoms with Crippen molar-refractivity contribution in [3.63, 3.8) is 0 Å². The van der Waals surface area contributed by atoms with Gasteiger partial charge in [0.15, 0.2) is 0 Å². The Kier molecular flexibility index (Phi) is 6.20. The molecule has 0 atom stereocenters. The molecule has 1 heterocycles. The number of benzene rings is 3. The van der Waals surface area contributed by atoms with Crippen molar-refractivity contribution in [1.82, 2.24) is 14.9 Å².